The number of rotatable bonds is 12. The predicted octanol–water partition coefficient (Wildman–Crippen LogP) is 6.11. The van der Waals surface area contributed by atoms with Gasteiger partial charge in [-0.05, 0) is 50.5 Å². The Bertz CT molecular complexity index is 380. The van der Waals surface area contributed by atoms with Gasteiger partial charge in [0.15, 0.2) is 0 Å². The van der Waals surface area contributed by atoms with Gasteiger partial charge >= 0.3 is 7.82 Å². The molecule has 5 heteroatoms. The van der Waals surface area contributed by atoms with E-state index in [9.17, 15) is 4.57 Å². The fourth-order valence-corrected chi connectivity index (χ4v) is 2.53. The third-order valence-electron chi connectivity index (χ3n) is 3.51. The molecule has 22 heavy (non-hydrogen) atoms. The van der Waals surface area contributed by atoms with Gasteiger partial charge in [-0.15, -0.1) is 0 Å². The highest BCUT2D eigenvalue weighted by molar-refractivity contribution is 7.48. The molecule has 0 aromatic rings. The largest absolute Gasteiger partial charge is 0.528 e. The Morgan fingerprint density at radius 3 is 2.32 bits per heavy atom. The van der Waals surface area contributed by atoms with Crippen LogP contribution in [-0.4, -0.2) is 14.2 Å². The second-order valence-electron chi connectivity index (χ2n) is 6.14. The Labute approximate surface area is 136 Å². The van der Waals surface area contributed by atoms with Crippen molar-refractivity contribution in [3.05, 3.63) is 24.0 Å². The van der Waals surface area contributed by atoms with Gasteiger partial charge in [-0.25, -0.2) is 4.57 Å². The van der Waals surface area contributed by atoms with Gasteiger partial charge in [-0.3, -0.25) is 9.05 Å². The topological polar surface area (TPSA) is 44.8 Å². The minimum absolute atomic E-state index is 0.349. The lowest BCUT2D eigenvalue weighted by Crippen LogP contribution is -1.92. The molecule has 0 bridgehead atoms. The summed E-state index contributed by atoms with van der Waals surface area (Å²) in [6.45, 7) is 8.84. The maximum Gasteiger partial charge on any atom is 0.528 e. The second-order valence-corrected chi connectivity index (χ2v) is 7.97. The first-order valence-corrected chi connectivity index (χ1v) is 9.51. The van der Waals surface area contributed by atoms with E-state index in [4.69, 9.17) is 4.52 Å². The first-order chi connectivity index (χ1) is 10.3. The molecule has 0 rings (SSSR count). The molecule has 0 radical (unpaired) electrons. The minimum Gasteiger partial charge on any atom is -0.412 e. The van der Waals surface area contributed by atoms with Crippen molar-refractivity contribution in [2.24, 2.45) is 11.8 Å². The van der Waals surface area contributed by atoms with Crippen LogP contribution in [0.1, 0.15) is 59.8 Å². The smallest absolute Gasteiger partial charge is 0.412 e. The normalized spacial score (nSPS) is 14.8. The van der Waals surface area contributed by atoms with Crippen molar-refractivity contribution >= 4 is 7.82 Å². The van der Waals surface area contributed by atoms with Crippen LogP contribution in [0.2, 0.25) is 0 Å². The number of hydrogen-bond donors (Lipinski definition) is 0. The summed E-state index contributed by atoms with van der Waals surface area (Å²) in [5.74, 6) is 1.13. The Hall–Kier alpha value is -0.570. The van der Waals surface area contributed by atoms with Gasteiger partial charge in [0.2, 0.25) is 0 Å². The number of phosphoric acid groups is 1. The summed E-state index contributed by atoms with van der Waals surface area (Å²) in [6.07, 6.45) is 11.4. The number of hydrogen-bond acceptors (Lipinski definition) is 4. The fourth-order valence-electron chi connectivity index (χ4n) is 1.98. The summed E-state index contributed by atoms with van der Waals surface area (Å²) in [4.78, 5) is 0. The molecule has 0 saturated heterocycles. The van der Waals surface area contributed by atoms with E-state index in [0.717, 1.165) is 18.8 Å². The maximum atomic E-state index is 11.7. The van der Waals surface area contributed by atoms with Crippen LogP contribution in [0.5, 0.6) is 0 Å². The molecule has 0 N–H and O–H groups in total. The SMILES string of the molecule is COP(=O)(OC)OC=CC(C)CCC=C(C)CCCC(C)C. The van der Waals surface area contributed by atoms with Crippen molar-refractivity contribution in [2.45, 2.75) is 59.8 Å². The van der Waals surface area contributed by atoms with Gasteiger partial charge < -0.3 is 4.52 Å². The van der Waals surface area contributed by atoms with Crippen LogP contribution in [0.4, 0.5) is 0 Å². The summed E-state index contributed by atoms with van der Waals surface area (Å²) in [7, 11) is -0.798. The molecule has 0 heterocycles. The van der Waals surface area contributed by atoms with Gasteiger partial charge in [0, 0.05) is 14.2 Å². The van der Waals surface area contributed by atoms with Gasteiger partial charge in [-0.2, -0.15) is 0 Å². The monoisotopic (exact) mass is 332 g/mol. The highest BCUT2D eigenvalue weighted by Crippen LogP contribution is 2.47. The Balaban J connectivity index is 3.98. The van der Waals surface area contributed by atoms with Crippen LogP contribution >= 0.6 is 7.82 Å². The molecule has 0 aliphatic heterocycles. The van der Waals surface area contributed by atoms with Crippen molar-refractivity contribution in [3.63, 3.8) is 0 Å². The Morgan fingerprint density at radius 1 is 1.14 bits per heavy atom. The average Bonchev–Trinajstić information content (AvgIpc) is 2.46. The van der Waals surface area contributed by atoms with Crippen LogP contribution in [-0.2, 0) is 18.1 Å². The number of phosphoric ester groups is 1. The van der Waals surface area contributed by atoms with Crippen molar-refractivity contribution in [2.75, 3.05) is 14.2 Å². The molecule has 0 amide bonds. The summed E-state index contributed by atoms with van der Waals surface area (Å²) in [5.41, 5.74) is 1.47. The molecular weight excluding hydrogens is 299 g/mol. The zero-order chi connectivity index (χ0) is 17.0. The predicted molar refractivity (Wildman–Crippen MR) is 92.7 cm³/mol. The maximum absolute atomic E-state index is 11.7. The minimum atomic E-state index is -3.40. The van der Waals surface area contributed by atoms with E-state index in [1.807, 2.05) is 6.08 Å². The molecule has 1 unspecified atom stereocenters. The molecule has 0 fully saturated rings. The molecule has 130 valence electrons. The molecular formula is C17H33O4P. The lowest BCUT2D eigenvalue weighted by Gasteiger charge is -2.11. The third-order valence-corrected chi connectivity index (χ3v) is 4.79. The zero-order valence-corrected chi connectivity index (χ0v) is 15.9. The molecule has 0 aromatic heterocycles. The van der Waals surface area contributed by atoms with Crippen LogP contribution in [0.25, 0.3) is 0 Å². The second kappa shape index (κ2) is 11.9. The molecule has 0 spiro atoms. The van der Waals surface area contributed by atoms with Gasteiger partial charge in [-0.1, -0.05) is 38.8 Å². The third kappa shape index (κ3) is 11.1. The lowest BCUT2D eigenvalue weighted by molar-refractivity contribution is 0.193. The van der Waals surface area contributed by atoms with Crippen molar-refractivity contribution in [1.82, 2.24) is 0 Å². The van der Waals surface area contributed by atoms with E-state index in [1.54, 1.807) is 0 Å². The van der Waals surface area contributed by atoms with Crippen LogP contribution in [0, 0.1) is 11.8 Å². The highest BCUT2D eigenvalue weighted by Gasteiger charge is 2.21. The molecule has 0 saturated carbocycles. The Kier molecular flexibility index (Phi) is 11.6. The van der Waals surface area contributed by atoms with Crippen LogP contribution in [0.3, 0.4) is 0 Å². The summed E-state index contributed by atoms with van der Waals surface area (Å²) in [5, 5.41) is 0. The van der Waals surface area contributed by atoms with Crippen LogP contribution in [0.15, 0.2) is 24.0 Å². The van der Waals surface area contributed by atoms with E-state index < -0.39 is 7.82 Å². The van der Waals surface area contributed by atoms with E-state index in [1.165, 1.54) is 45.3 Å². The van der Waals surface area contributed by atoms with Crippen molar-refractivity contribution < 1.29 is 18.1 Å². The Morgan fingerprint density at radius 2 is 1.77 bits per heavy atom. The van der Waals surface area contributed by atoms with Crippen molar-refractivity contribution in [1.29, 1.82) is 0 Å². The summed E-state index contributed by atoms with van der Waals surface area (Å²) < 4.78 is 26.0. The highest BCUT2D eigenvalue weighted by atomic mass is 31.2. The van der Waals surface area contributed by atoms with E-state index >= 15 is 0 Å². The van der Waals surface area contributed by atoms with E-state index in [0.29, 0.717) is 5.92 Å². The lowest BCUT2D eigenvalue weighted by atomic mass is 10.0. The van der Waals surface area contributed by atoms with Gasteiger partial charge in [0.25, 0.3) is 0 Å². The van der Waals surface area contributed by atoms with E-state index in [2.05, 4.69) is 42.8 Å². The molecule has 0 aliphatic carbocycles. The molecule has 0 aromatic carbocycles. The molecule has 4 nitrogen and oxygen atoms in total. The summed E-state index contributed by atoms with van der Waals surface area (Å²) >= 11 is 0. The van der Waals surface area contributed by atoms with Gasteiger partial charge in [0.05, 0.1) is 6.26 Å². The van der Waals surface area contributed by atoms with E-state index in [-0.39, 0.29) is 0 Å². The average molecular weight is 332 g/mol. The quantitative estimate of drug-likeness (QED) is 0.246. The first-order valence-electron chi connectivity index (χ1n) is 8.05. The molecule has 0 aliphatic rings. The zero-order valence-electron chi connectivity index (χ0n) is 15.0. The van der Waals surface area contributed by atoms with Gasteiger partial charge in [0.1, 0.15) is 0 Å². The first kappa shape index (κ1) is 21.4. The molecule has 1 atom stereocenters. The summed E-state index contributed by atoms with van der Waals surface area (Å²) in [6, 6.07) is 0. The van der Waals surface area contributed by atoms with Crippen molar-refractivity contribution in [3.8, 4) is 0 Å². The van der Waals surface area contributed by atoms with Crippen LogP contribution < -0.4 is 0 Å². The number of allylic oxidation sites excluding steroid dienone is 3. The fraction of sp³-hybridized carbons (Fsp3) is 0.765. The standard InChI is InChI=1S/C17H33O4P/c1-15(2)9-7-10-16(3)11-8-12-17(4)13-14-21-22(18,19-5)20-6/h11,13-15,17H,7-10,12H2,1-6H3.